The number of amides is 1. The average molecular weight is 421 g/mol. The van der Waals surface area contributed by atoms with E-state index < -0.39 is 0 Å². The first-order valence-electron chi connectivity index (χ1n) is 10.4. The zero-order valence-corrected chi connectivity index (χ0v) is 18.0. The second kappa shape index (κ2) is 8.81. The number of ether oxygens (including phenoxy) is 2. The van der Waals surface area contributed by atoms with E-state index >= 15 is 0 Å². The Kier molecular flexibility index (Phi) is 5.95. The van der Waals surface area contributed by atoms with Gasteiger partial charge >= 0.3 is 0 Å². The summed E-state index contributed by atoms with van der Waals surface area (Å²) in [5, 5.41) is 17.7. The Bertz CT molecular complexity index is 1080. The summed E-state index contributed by atoms with van der Waals surface area (Å²) in [6, 6.07) is 14.4. The van der Waals surface area contributed by atoms with Crippen molar-refractivity contribution in [1.82, 2.24) is 15.1 Å². The Labute approximate surface area is 181 Å². The smallest absolute Gasteiger partial charge is 0.273 e. The summed E-state index contributed by atoms with van der Waals surface area (Å²) in [7, 11) is 1.62. The van der Waals surface area contributed by atoms with Crippen LogP contribution in [0.15, 0.2) is 48.5 Å². The molecule has 1 atom stereocenters. The molecule has 0 saturated heterocycles. The van der Waals surface area contributed by atoms with E-state index in [1.54, 1.807) is 25.3 Å². The SMILES string of the molecule is COc1cccc(C2c3c(-c4ccccc4O)n[nH]c3C(=O)N2CCCOC(C)C)c1. The van der Waals surface area contributed by atoms with Crippen molar-refractivity contribution >= 4 is 5.91 Å². The van der Waals surface area contributed by atoms with Gasteiger partial charge in [0, 0.05) is 24.3 Å². The third kappa shape index (κ3) is 4.01. The first kappa shape index (κ1) is 20.9. The van der Waals surface area contributed by atoms with Crippen molar-refractivity contribution in [2.75, 3.05) is 20.3 Å². The van der Waals surface area contributed by atoms with Gasteiger partial charge in [-0.05, 0) is 50.1 Å². The van der Waals surface area contributed by atoms with Crippen molar-refractivity contribution in [3.63, 3.8) is 0 Å². The highest BCUT2D eigenvalue weighted by molar-refractivity contribution is 6.00. The molecule has 0 saturated carbocycles. The van der Waals surface area contributed by atoms with Gasteiger partial charge < -0.3 is 19.5 Å². The molecule has 1 aliphatic rings. The van der Waals surface area contributed by atoms with Crippen molar-refractivity contribution in [3.8, 4) is 22.8 Å². The molecule has 1 aliphatic heterocycles. The molecule has 0 bridgehead atoms. The lowest BCUT2D eigenvalue weighted by molar-refractivity contribution is 0.0601. The maximum absolute atomic E-state index is 13.3. The van der Waals surface area contributed by atoms with E-state index in [-0.39, 0.29) is 23.8 Å². The molecule has 3 aromatic rings. The fourth-order valence-electron chi connectivity index (χ4n) is 4.02. The number of nitrogens with one attached hydrogen (secondary N) is 1. The van der Waals surface area contributed by atoms with Crippen LogP contribution >= 0.6 is 0 Å². The van der Waals surface area contributed by atoms with Gasteiger partial charge in [0.25, 0.3) is 5.91 Å². The highest BCUT2D eigenvalue weighted by Gasteiger charge is 2.42. The molecule has 7 nitrogen and oxygen atoms in total. The van der Waals surface area contributed by atoms with Crippen LogP contribution in [-0.2, 0) is 4.74 Å². The maximum atomic E-state index is 13.3. The van der Waals surface area contributed by atoms with Gasteiger partial charge in [-0.2, -0.15) is 5.10 Å². The van der Waals surface area contributed by atoms with Crippen LogP contribution in [0.4, 0.5) is 0 Å². The van der Waals surface area contributed by atoms with Gasteiger partial charge in [0.15, 0.2) is 0 Å². The summed E-state index contributed by atoms with van der Waals surface area (Å²) >= 11 is 0. The Morgan fingerprint density at radius 3 is 2.74 bits per heavy atom. The highest BCUT2D eigenvalue weighted by Crippen LogP contribution is 2.44. The number of fused-ring (bicyclic) bond motifs is 1. The number of carbonyl (C=O) groups is 1. The molecule has 2 heterocycles. The quantitative estimate of drug-likeness (QED) is 0.534. The molecule has 4 rings (SSSR count). The second-order valence-corrected chi connectivity index (χ2v) is 7.83. The molecule has 1 aromatic heterocycles. The molecule has 2 aromatic carbocycles. The molecule has 0 radical (unpaired) electrons. The third-order valence-electron chi connectivity index (χ3n) is 5.43. The van der Waals surface area contributed by atoms with Crippen LogP contribution in [0.3, 0.4) is 0 Å². The number of H-pyrrole nitrogens is 1. The van der Waals surface area contributed by atoms with Crippen LogP contribution in [0.2, 0.25) is 0 Å². The normalized spacial score (nSPS) is 15.5. The minimum atomic E-state index is -0.343. The van der Waals surface area contributed by atoms with Crippen molar-refractivity contribution in [2.24, 2.45) is 0 Å². The van der Waals surface area contributed by atoms with Gasteiger partial charge in [-0.15, -0.1) is 0 Å². The Hall–Kier alpha value is -3.32. The number of para-hydroxylation sites is 1. The zero-order valence-electron chi connectivity index (χ0n) is 18.0. The predicted octanol–water partition coefficient (Wildman–Crippen LogP) is 4.15. The van der Waals surface area contributed by atoms with Crippen molar-refractivity contribution < 1.29 is 19.4 Å². The number of methoxy groups -OCH3 is 1. The van der Waals surface area contributed by atoms with Crippen LogP contribution < -0.4 is 4.74 Å². The van der Waals surface area contributed by atoms with Gasteiger partial charge in [-0.25, -0.2) is 0 Å². The molecule has 162 valence electrons. The number of phenolic OH excluding ortho intramolecular Hbond substituents is 1. The number of hydrogen-bond donors (Lipinski definition) is 2. The van der Waals surface area contributed by atoms with Crippen LogP contribution in [0.5, 0.6) is 11.5 Å². The van der Waals surface area contributed by atoms with Crippen LogP contribution in [-0.4, -0.2) is 52.5 Å². The molecule has 0 fully saturated rings. The van der Waals surface area contributed by atoms with Crippen LogP contribution in [0.1, 0.15) is 47.9 Å². The largest absolute Gasteiger partial charge is 0.507 e. The van der Waals surface area contributed by atoms with Gasteiger partial charge in [0.1, 0.15) is 22.9 Å². The third-order valence-corrected chi connectivity index (χ3v) is 5.43. The first-order chi connectivity index (χ1) is 15.0. The van der Waals surface area contributed by atoms with E-state index in [0.717, 1.165) is 11.1 Å². The van der Waals surface area contributed by atoms with E-state index in [1.165, 1.54) is 0 Å². The van der Waals surface area contributed by atoms with E-state index in [4.69, 9.17) is 9.47 Å². The number of hydrogen-bond acceptors (Lipinski definition) is 5. The lowest BCUT2D eigenvalue weighted by atomic mass is 9.95. The van der Waals surface area contributed by atoms with Gasteiger partial charge in [-0.3, -0.25) is 9.89 Å². The Morgan fingerprint density at radius 1 is 1.19 bits per heavy atom. The van der Waals surface area contributed by atoms with E-state index in [2.05, 4.69) is 10.2 Å². The number of aromatic amines is 1. The maximum Gasteiger partial charge on any atom is 0.273 e. The molecule has 7 heteroatoms. The summed E-state index contributed by atoms with van der Waals surface area (Å²) in [4.78, 5) is 15.2. The van der Waals surface area contributed by atoms with Gasteiger partial charge in [0.2, 0.25) is 0 Å². The average Bonchev–Trinajstić information content (AvgIpc) is 3.30. The standard InChI is InChI=1S/C24H27N3O4/c1-15(2)31-13-7-12-27-23(16-8-6-9-17(14-16)30-3)20-21(25-26-22(20)24(27)29)18-10-4-5-11-19(18)28/h4-6,8-11,14-15,23,28H,7,12-13H2,1-3H3,(H,25,26). The van der Waals surface area contributed by atoms with Crippen molar-refractivity contribution in [3.05, 3.63) is 65.4 Å². The van der Waals surface area contributed by atoms with Crippen molar-refractivity contribution in [2.45, 2.75) is 32.4 Å². The monoisotopic (exact) mass is 421 g/mol. The summed E-state index contributed by atoms with van der Waals surface area (Å²) in [6.07, 6.45) is 0.863. The molecule has 1 unspecified atom stereocenters. The van der Waals surface area contributed by atoms with Gasteiger partial charge in [-0.1, -0.05) is 24.3 Å². The number of carbonyl (C=O) groups excluding carboxylic acids is 1. The Balaban J connectivity index is 1.76. The van der Waals surface area contributed by atoms with E-state index in [9.17, 15) is 9.90 Å². The fourth-order valence-corrected chi connectivity index (χ4v) is 4.02. The highest BCUT2D eigenvalue weighted by atomic mass is 16.5. The summed E-state index contributed by atoms with van der Waals surface area (Å²) in [5.41, 5.74) is 3.32. The van der Waals surface area contributed by atoms with Crippen LogP contribution in [0.25, 0.3) is 11.3 Å². The lowest BCUT2D eigenvalue weighted by Gasteiger charge is -2.27. The van der Waals surface area contributed by atoms with Gasteiger partial charge in [0.05, 0.1) is 19.3 Å². The Morgan fingerprint density at radius 2 is 2.00 bits per heavy atom. The van der Waals surface area contributed by atoms with Crippen molar-refractivity contribution in [1.29, 1.82) is 0 Å². The molecule has 1 amide bonds. The van der Waals surface area contributed by atoms with Crippen LogP contribution in [0, 0.1) is 0 Å². The molecule has 2 N–H and O–H groups in total. The minimum Gasteiger partial charge on any atom is -0.507 e. The fraction of sp³-hybridized carbons (Fsp3) is 0.333. The molecule has 31 heavy (non-hydrogen) atoms. The minimum absolute atomic E-state index is 0.110. The number of aromatic hydroxyl groups is 1. The number of benzene rings is 2. The summed E-state index contributed by atoms with van der Waals surface area (Å²) in [6.45, 7) is 5.10. The number of rotatable bonds is 8. The number of aromatic nitrogens is 2. The van der Waals surface area contributed by atoms with E-state index in [0.29, 0.717) is 42.3 Å². The number of nitrogens with zero attached hydrogens (tertiary/aromatic N) is 2. The lowest BCUT2D eigenvalue weighted by Crippen LogP contribution is -2.31. The summed E-state index contributed by atoms with van der Waals surface area (Å²) < 4.78 is 11.1. The predicted molar refractivity (Wildman–Crippen MR) is 117 cm³/mol. The molecular formula is C24H27N3O4. The topological polar surface area (TPSA) is 87.7 Å². The summed E-state index contributed by atoms with van der Waals surface area (Å²) in [5.74, 6) is 0.730. The molecule has 0 spiro atoms. The number of phenols is 1. The zero-order chi connectivity index (χ0) is 22.0. The van der Waals surface area contributed by atoms with E-state index in [1.807, 2.05) is 49.1 Å². The molecular weight excluding hydrogens is 394 g/mol. The first-order valence-corrected chi connectivity index (χ1v) is 10.4. The molecule has 0 aliphatic carbocycles. The second-order valence-electron chi connectivity index (χ2n) is 7.83.